The van der Waals surface area contributed by atoms with E-state index in [1.807, 2.05) is 121 Å². The first-order valence-electron chi connectivity index (χ1n) is 38.2. The number of furan rings is 2. The van der Waals surface area contributed by atoms with E-state index >= 15 is 0 Å². The van der Waals surface area contributed by atoms with E-state index in [0.29, 0.717) is 27.8 Å². The number of benzene rings is 16. The number of halogens is 4. The van der Waals surface area contributed by atoms with Gasteiger partial charge < -0.3 is 8.83 Å². The minimum atomic E-state index is 0.194. The van der Waals surface area contributed by atoms with Gasteiger partial charge in [-0.15, -0.1) is 22.7 Å². The molecule has 16 aromatic carbocycles. The normalized spacial score (nSPS) is 11.6. The van der Waals surface area contributed by atoms with Crippen LogP contribution in [0.2, 0.25) is 21.1 Å². The molecular formula is C102H58Cl4N8O2S2. The van der Waals surface area contributed by atoms with Gasteiger partial charge in [-0.3, -0.25) is 0 Å². The zero-order valence-electron chi connectivity index (χ0n) is 62.2. The Bertz CT molecular complexity index is 8010. The van der Waals surface area contributed by atoms with Crippen LogP contribution in [0.4, 0.5) is 0 Å². The van der Waals surface area contributed by atoms with Crippen molar-refractivity contribution in [2.75, 3.05) is 0 Å². The smallest absolute Gasteiger partial charge is 0.224 e. The average Bonchev–Trinajstić information content (AvgIpc) is 1.54. The maximum atomic E-state index is 6.69. The summed E-state index contributed by atoms with van der Waals surface area (Å²) in [6.45, 7) is 0. The molecule has 24 rings (SSSR count). The number of fused-ring (bicyclic) bond motifs is 22. The SMILES string of the molecule is Clc1nc(-c2cc(-c3ccccc3)cc(-c3ccccc3)c2)c2oc3ccc4ccccc4c3c2n1.Clc1nc(-c2cc3ccccc3c3ccccc23)c2oc3c4ccccc4c4ccccc4c3c2n1.Clc1nc(-c2ccc(-c3ccccc3)cc2)c2c(n1)sc1ccccc12.Clc1nc(-c2ccccc2)c2c(n1)sc1ccccc12. The average molecular weight is 1630 g/mol. The van der Waals surface area contributed by atoms with E-state index in [0.717, 1.165) is 152 Å². The van der Waals surface area contributed by atoms with Crippen LogP contribution >= 0.6 is 69.1 Å². The molecule has 0 saturated heterocycles. The fourth-order valence-electron chi connectivity index (χ4n) is 16.3. The summed E-state index contributed by atoms with van der Waals surface area (Å²) in [5, 5.41) is 18.7. The molecule has 0 amide bonds. The van der Waals surface area contributed by atoms with Crippen molar-refractivity contribution < 1.29 is 8.83 Å². The van der Waals surface area contributed by atoms with Gasteiger partial charge in [-0.1, -0.05) is 309 Å². The Morgan fingerprint density at radius 2 is 0.585 bits per heavy atom. The maximum Gasteiger partial charge on any atom is 0.224 e. The van der Waals surface area contributed by atoms with E-state index in [4.69, 9.17) is 65.2 Å². The molecule has 0 saturated carbocycles. The number of hydrogen-bond donors (Lipinski definition) is 0. The largest absolute Gasteiger partial charge is 0.452 e. The number of nitrogens with zero attached hydrogens (tertiary/aromatic N) is 8. The summed E-state index contributed by atoms with van der Waals surface area (Å²) in [6, 6.07) is 121. The van der Waals surface area contributed by atoms with Crippen molar-refractivity contribution >= 4 is 208 Å². The minimum absolute atomic E-state index is 0.194. The Balaban J connectivity index is 0.000000100. The van der Waals surface area contributed by atoms with E-state index in [9.17, 15) is 0 Å². The lowest BCUT2D eigenvalue weighted by atomic mass is 9.94. The first-order valence-corrected chi connectivity index (χ1v) is 41.3. The van der Waals surface area contributed by atoms with Gasteiger partial charge in [-0.2, -0.15) is 0 Å². The van der Waals surface area contributed by atoms with Crippen LogP contribution in [-0.2, 0) is 0 Å². The minimum Gasteiger partial charge on any atom is -0.452 e. The van der Waals surface area contributed by atoms with E-state index in [1.165, 1.54) is 42.1 Å². The lowest BCUT2D eigenvalue weighted by molar-refractivity contribution is 0.667. The van der Waals surface area contributed by atoms with Crippen molar-refractivity contribution in [3.8, 4) is 78.4 Å². The fraction of sp³-hybridized carbons (Fsp3) is 0. The number of thiophene rings is 2. The molecule has 0 radical (unpaired) electrons. The van der Waals surface area contributed by atoms with Crippen molar-refractivity contribution in [3.05, 3.63) is 373 Å². The van der Waals surface area contributed by atoms with E-state index in [2.05, 4.69) is 260 Å². The number of aromatic nitrogens is 8. The van der Waals surface area contributed by atoms with Crippen molar-refractivity contribution in [3.63, 3.8) is 0 Å². The van der Waals surface area contributed by atoms with Gasteiger partial charge >= 0.3 is 0 Å². The quantitative estimate of drug-likeness (QED) is 0.112. The topological polar surface area (TPSA) is 129 Å². The van der Waals surface area contributed by atoms with Crippen LogP contribution < -0.4 is 0 Å². The summed E-state index contributed by atoms with van der Waals surface area (Å²) in [4.78, 5) is 38.4. The van der Waals surface area contributed by atoms with Crippen LogP contribution in [0.3, 0.4) is 0 Å². The van der Waals surface area contributed by atoms with E-state index in [-0.39, 0.29) is 15.9 Å². The van der Waals surface area contributed by atoms with Gasteiger partial charge in [-0.25, -0.2) is 39.9 Å². The van der Waals surface area contributed by atoms with Crippen LogP contribution in [0.25, 0.3) is 217 Å². The Labute approximate surface area is 702 Å². The van der Waals surface area contributed by atoms with E-state index < -0.39 is 0 Å². The molecule has 8 aromatic heterocycles. The summed E-state index contributed by atoms with van der Waals surface area (Å²) in [6.07, 6.45) is 0. The van der Waals surface area contributed by atoms with Crippen molar-refractivity contribution in [1.29, 1.82) is 0 Å². The molecule has 8 heterocycles. The number of hydrogen-bond acceptors (Lipinski definition) is 12. The highest BCUT2D eigenvalue weighted by atomic mass is 35.5. The Hall–Kier alpha value is -13.7. The van der Waals surface area contributed by atoms with E-state index in [1.54, 1.807) is 22.7 Å². The third-order valence-corrected chi connectivity index (χ3v) is 24.3. The molecule has 0 fully saturated rings. The van der Waals surface area contributed by atoms with Crippen molar-refractivity contribution in [2.45, 2.75) is 0 Å². The standard InChI is InChI=1S/C32H17ClN2O.C32H19ClN2O.C22H13ClN2S.C16H9ClN2S/c33-32-34-28(26-17-18-9-1-2-10-19(18)20-11-3-4-14-23(20)26)31-29(35-32)27-24-15-7-5-12-21(24)22-13-6-8-16-25(22)30(27)36-31;33-32-34-29(31-30(35-32)28-26-14-8-7-13-22(26)15-16-27(28)36-31)25-18-23(20-9-3-1-4-10-20)17-24(19-25)21-11-5-2-6-12-21;23-22-24-20(19-17-8-4-5-9-18(17)26-21(19)25-22)16-12-10-15(11-13-16)14-6-2-1-3-7-14;17-16-18-14(10-6-2-1-3-7-10)13-11-8-4-5-9-12(11)20-15(13)19-16/h1-17H;1-19H;1-13H;1-9H. The molecule has 16 heteroatoms. The van der Waals surface area contributed by atoms with Crippen molar-refractivity contribution in [2.24, 2.45) is 0 Å². The third-order valence-electron chi connectivity index (χ3n) is 21.5. The Morgan fingerprint density at radius 1 is 0.212 bits per heavy atom. The number of rotatable bonds is 7. The highest BCUT2D eigenvalue weighted by Gasteiger charge is 2.25. The highest BCUT2D eigenvalue weighted by Crippen LogP contribution is 2.48. The maximum absolute atomic E-state index is 6.69. The second kappa shape index (κ2) is 30.5. The molecule has 0 spiro atoms. The first-order chi connectivity index (χ1) is 58.1. The zero-order valence-corrected chi connectivity index (χ0v) is 66.9. The molecule has 558 valence electrons. The summed E-state index contributed by atoms with van der Waals surface area (Å²) >= 11 is 28.7. The second-order valence-corrected chi connectivity index (χ2v) is 31.9. The highest BCUT2D eigenvalue weighted by molar-refractivity contribution is 7.26. The van der Waals surface area contributed by atoms with Gasteiger partial charge in [0.2, 0.25) is 21.1 Å². The first kappa shape index (κ1) is 72.1. The molecule has 0 unspecified atom stereocenters. The summed E-state index contributed by atoms with van der Waals surface area (Å²) in [7, 11) is 0. The van der Waals surface area contributed by atoms with Crippen molar-refractivity contribution in [1.82, 2.24) is 39.9 Å². The molecule has 0 aliphatic heterocycles. The molecule has 0 bridgehead atoms. The van der Waals surface area contributed by atoms with Gasteiger partial charge in [0.05, 0.1) is 22.2 Å². The van der Waals surface area contributed by atoms with Crippen LogP contribution in [0.1, 0.15) is 0 Å². The summed E-state index contributed by atoms with van der Waals surface area (Å²) < 4.78 is 15.5. The Kier molecular flexibility index (Phi) is 18.6. The van der Waals surface area contributed by atoms with Gasteiger partial charge in [0.25, 0.3) is 0 Å². The molecule has 118 heavy (non-hydrogen) atoms. The predicted octanol–water partition coefficient (Wildman–Crippen LogP) is 30.5. The summed E-state index contributed by atoms with van der Waals surface area (Å²) in [5.74, 6) is 0. The lowest BCUT2D eigenvalue weighted by Crippen LogP contribution is -1.91. The van der Waals surface area contributed by atoms with Gasteiger partial charge in [0.1, 0.15) is 43.2 Å². The van der Waals surface area contributed by atoms with Crippen LogP contribution in [0.15, 0.2) is 361 Å². The fourth-order valence-corrected chi connectivity index (χ4v) is 19.2. The monoisotopic (exact) mass is 1630 g/mol. The van der Waals surface area contributed by atoms with Crippen LogP contribution in [-0.4, -0.2) is 39.9 Å². The molecule has 0 atom stereocenters. The van der Waals surface area contributed by atoms with Crippen LogP contribution in [0.5, 0.6) is 0 Å². The second-order valence-electron chi connectivity index (χ2n) is 28.5. The molecule has 0 aliphatic rings. The van der Waals surface area contributed by atoms with Gasteiger partial charge in [0, 0.05) is 58.6 Å². The van der Waals surface area contributed by atoms with Gasteiger partial charge in [-0.05, 0) is 171 Å². The molecule has 24 aromatic rings. The molecular weight excluding hydrogens is 1580 g/mol. The molecule has 0 N–H and O–H groups in total. The van der Waals surface area contributed by atoms with Crippen LogP contribution in [0, 0.1) is 0 Å². The third kappa shape index (κ3) is 13.2. The summed E-state index contributed by atoms with van der Waals surface area (Å²) in [5.41, 5.74) is 18.3. The lowest BCUT2D eigenvalue weighted by Gasteiger charge is -2.11. The molecule has 10 nitrogen and oxygen atoms in total. The molecule has 0 aliphatic carbocycles. The predicted molar refractivity (Wildman–Crippen MR) is 494 cm³/mol. The van der Waals surface area contributed by atoms with Gasteiger partial charge in [0.15, 0.2) is 11.2 Å². The Morgan fingerprint density at radius 3 is 1.15 bits per heavy atom. The zero-order chi connectivity index (χ0) is 78.9.